The Balaban J connectivity index is 1.65. The van der Waals surface area contributed by atoms with Crippen LogP contribution in [0.15, 0.2) is 23.6 Å². The summed E-state index contributed by atoms with van der Waals surface area (Å²) >= 11 is 14.6. The summed E-state index contributed by atoms with van der Waals surface area (Å²) in [6, 6.07) is 2.84. The fourth-order valence-corrected chi connectivity index (χ4v) is 6.83. The highest BCUT2D eigenvalue weighted by Crippen LogP contribution is 2.41. The third-order valence-corrected chi connectivity index (χ3v) is 8.39. The van der Waals surface area contributed by atoms with Crippen molar-refractivity contribution in [2.45, 2.75) is 17.5 Å². The Morgan fingerprint density at radius 1 is 1.26 bits per heavy atom. The van der Waals surface area contributed by atoms with E-state index < -0.39 is 43.0 Å². The number of fused-ring (bicyclic) bond motifs is 1. The minimum absolute atomic E-state index is 0.0561. The summed E-state index contributed by atoms with van der Waals surface area (Å²) in [5.41, 5.74) is 0.297. The number of nitrogens with zero attached hydrogens (tertiary/aromatic N) is 2. The van der Waals surface area contributed by atoms with Gasteiger partial charge in [0, 0.05) is 26.7 Å². The zero-order valence-corrected chi connectivity index (χ0v) is 20.8. The average molecular weight is 565 g/mol. The van der Waals surface area contributed by atoms with Crippen LogP contribution in [0.5, 0.6) is 0 Å². The van der Waals surface area contributed by atoms with Gasteiger partial charge in [-0.15, -0.1) is 23.1 Å². The number of amides is 2. The topological polar surface area (TPSA) is 169 Å². The molecule has 180 valence electrons. The van der Waals surface area contributed by atoms with Crippen molar-refractivity contribution >= 4 is 88.6 Å². The van der Waals surface area contributed by atoms with E-state index in [1.54, 1.807) is 18.2 Å². The summed E-state index contributed by atoms with van der Waals surface area (Å²) in [5, 5.41) is 15.0. The average Bonchev–Trinajstić information content (AvgIpc) is 3.35. The molecule has 2 aliphatic rings. The molecule has 3 heterocycles. The summed E-state index contributed by atoms with van der Waals surface area (Å²) < 4.78 is 11.2. The maximum absolute atomic E-state index is 13.2. The number of carboxylic acid groups (broad SMARTS) is 1. The fraction of sp³-hybridized carbons (Fsp3) is 0.222. The molecule has 1 aromatic carbocycles. The Hall–Kier alpha value is -2.12. The second-order valence-electron chi connectivity index (χ2n) is 7.16. The number of β-lactam (4-membered cyclic amide) rings is 1. The molecule has 11 nitrogen and oxygen atoms in total. The smallest absolute Gasteiger partial charge is 0.429 e. The molecular weight excluding hydrogens is 550 g/mol. The fourth-order valence-electron chi connectivity index (χ4n) is 3.43. The molecule has 0 radical (unpaired) electrons. The number of halogens is 2. The van der Waals surface area contributed by atoms with Gasteiger partial charge in [0.15, 0.2) is 5.13 Å². The first-order chi connectivity index (χ1) is 16.0. The molecule has 2 fully saturated rings. The number of benzene rings is 1. The molecule has 0 saturated carbocycles. The van der Waals surface area contributed by atoms with Crippen LogP contribution >= 0.6 is 54.0 Å². The molecule has 4 rings (SSSR count). The van der Waals surface area contributed by atoms with Crippen molar-refractivity contribution in [2.24, 2.45) is 0 Å². The zero-order chi connectivity index (χ0) is 24.8. The highest BCUT2D eigenvalue weighted by Gasteiger charge is 2.57. The van der Waals surface area contributed by atoms with E-state index in [9.17, 15) is 24.1 Å². The largest absolute Gasteiger partial charge is 0.480 e. The van der Waals surface area contributed by atoms with Crippen molar-refractivity contribution in [2.75, 3.05) is 10.8 Å². The van der Waals surface area contributed by atoms with E-state index >= 15 is 0 Å². The van der Waals surface area contributed by atoms with Gasteiger partial charge in [-0.3, -0.25) is 14.7 Å². The lowest BCUT2D eigenvalue weighted by Gasteiger charge is -2.43. The van der Waals surface area contributed by atoms with Crippen LogP contribution < -0.4 is 10.4 Å². The first-order valence-corrected chi connectivity index (χ1v) is 13.7. The number of aliphatic carboxylic acids is 1. The van der Waals surface area contributed by atoms with Crippen LogP contribution in [0.1, 0.15) is 11.3 Å². The number of carboxylic acids is 1. The maximum Gasteiger partial charge on any atom is 0.429 e. The number of hydrogen-bond donors (Lipinski definition) is 5. The van der Waals surface area contributed by atoms with E-state index in [4.69, 9.17) is 33.0 Å². The molecule has 2 aromatic rings. The Labute approximate surface area is 210 Å². The summed E-state index contributed by atoms with van der Waals surface area (Å²) in [4.78, 5) is 60.7. The molecule has 0 bridgehead atoms. The monoisotopic (exact) mass is 564 g/mol. The van der Waals surface area contributed by atoms with E-state index in [1.807, 2.05) is 5.09 Å². The quantitative estimate of drug-likeness (QED) is 0.191. The van der Waals surface area contributed by atoms with Gasteiger partial charge in [0.05, 0.1) is 11.3 Å². The molecule has 5 N–H and O–H groups in total. The third kappa shape index (κ3) is 4.96. The van der Waals surface area contributed by atoms with Crippen LogP contribution in [0.2, 0.25) is 10.0 Å². The van der Waals surface area contributed by atoms with Gasteiger partial charge in [-0.1, -0.05) is 29.3 Å². The van der Waals surface area contributed by atoms with Gasteiger partial charge in [0.1, 0.15) is 17.5 Å². The standard InChI is InChI=1S/C18H15Cl2N4O7PS2/c19-9-2-1-3-10(20)7(9)4-8(11-5-34-18(21-11)23-32(29,30)31)14(25)22-13-15(26)24-12(17(27)28)6-33-16(13)24/h1-5,12-13,16H,6H2,(H,22,25)(H,27,28)(H3,21,23,29,30,31)/t12?,13?,16-/m0/s1. The van der Waals surface area contributed by atoms with E-state index in [-0.39, 0.29) is 32.2 Å². The van der Waals surface area contributed by atoms with Crippen LogP contribution in [0, 0.1) is 0 Å². The molecule has 0 aliphatic carbocycles. The zero-order valence-electron chi connectivity index (χ0n) is 16.7. The van der Waals surface area contributed by atoms with Crippen molar-refractivity contribution in [1.29, 1.82) is 0 Å². The third-order valence-electron chi connectivity index (χ3n) is 4.97. The molecular formula is C18H15Cl2N4O7PS2. The number of nitrogens with one attached hydrogen (secondary N) is 2. The minimum atomic E-state index is -4.63. The molecule has 34 heavy (non-hydrogen) atoms. The predicted molar refractivity (Wildman–Crippen MR) is 129 cm³/mol. The van der Waals surface area contributed by atoms with E-state index in [1.165, 1.54) is 28.1 Å². The molecule has 0 spiro atoms. The predicted octanol–water partition coefficient (Wildman–Crippen LogP) is 2.35. The van der Waals surface area contributed by atoms with Crippen LogP contribution in [-0.2, 0) is 18.9 Å². The highest BCUT2D eigenvalue weighted by molar-refractivity contribution is 8.00. The highest BCUT2D eigenvalue weighted by atomic mass is 35.5. The number of thiazole rings is 1. The van der Waals surface area contributed by atoms with Gasteiger partial charge in [-0.05, 0) is 18.2 Å². The molecule has 2 amide bonds. The first kappa shape index (κ1) is 25.0. The number of thioether (sulfide) groups is 1. The van der Waals surface area contributed by atoms with E-state index in [0.29, 0.717) is 5.56 Å². The Morgan fingerprint density at radius 2 is 1.94 bits per heavy atom. The normalized spacial score (nSPS) is 22.2. The number of carbonyl (C=O) groups excluding carboxylic acids is 2. The number of carbonyl (C=O) groups is 3. The van der Waals surface area contributed by atoms with Crippen molar-refractivity contribution in [3.63, 3.8) is 0 Å². The summed E-state index contributed by atoms with van der Waals surface area (Å²) in [7, 11) is -4.63. The summed E-state index contributed by atoms with van der Waals surface area (Å²) in [6.45, 7) is 0. The van der Waals surface area contributed by atoms with Gasteiger partial charge in [0.2, 0.25) is 5.91 Å². The second-order valence-corrected chi connectivity index (χ2v) is 11.3. The molecule has 2 saturated heterocycles. The van der Waals surface area contributed by atoms with Gasteiger partial charge < -0.3 is 25.1 Å². The van der Waals surface area contributed by atoms with E-state index in [0.717, 1.165) is 11.3 Å². The molecule has 16 heteroatoms. The van der Waals surface area contributed by atoms with Gasteiger partial charge in [-0.2, -0.15) is 0 Å². The maximum atomic E-state index is 13.2. The first-order valence-electron chi connectivity index (χ1n) is 9.39. The van der Waals surface area contributed by atoms with Gasteiger partial charge in [-0.25, -0.2) is 14.3 Å². The van der Waals surface area contributed by atoms with Crippen molar-refractivity contribution in [1.82, 2.24) is 15.2 Å². The van der Waals surface area contributed by atoms with Crippen LogP contribution in [0.3, 0.4) is 0 Å². The van der Waals surface area contributed by atoms with Crippen LogP contribution in [-0.4, -0.2) is 65.8 Å². The lowest BCUT2D eigenvalue weighted by molar-refractivity contribution is -0.158. The lowest BCUT2D eigenvalue weighted by atomic mass is 10.0. The number of aromatic nitrogens is 1. The van der Waals surface area contributed by atoms with E-state index in [2.05, 4.69) is 10.3 Å². The van der Waals surface area contributed by atoms with Crippen molar-refractivity contribution < 1.29 is 33.8 Å². The second kappa shape index (κ2) is 9.50. The Kier molecular flexibility index (Phi) is 6.98. The molecule has 2 aliphatic heterocycles. The molecule has 2 unspecified atom stereocenters. The van der Waals surface area contributed by atoms with Gasteiger partial charge in [0.25, 0.3) is 5.91 Å². The SMILES string of the molecule is O=C(NC1C(=O)N2C(C(=O)O)CS[C@@H]12)C(=Cc1c(Cl)cccc1Cl)c1csc(NP(=O)(O)O)n1. The van der Waals surface area contributed by atoms with Gasteiger partial charge >= 0.3 is 13.7 Å². The van der Waals surface area contributed by atoms with Crippen LogP contribution in [0.4, 0.5) is 5.13 Å². The lowest BCUT2D eigenvalue weighted by Crippen LogP contribution is -2.70. The van der Waals surface area contributed by atoms with Crippen molar-refractivity contribution in [3.8, 4) is 0 Å². The summed E-state index contributed by atoms with van der Waals surface area (Å²) in [6.07, 6.45) is 1.36. The van der Waals surface area contributed by atoms with Crippen LogP contribution in [0.25, 0.3) is 11.6 Å². The Morgan fingerprint density at radius 3 is 2.56 bits per heavy atom. The number of anilines is 1. The summed E-state index contributed by atoms with van der Waals surface area (Å²) in [5.74, 6) is -2.15. The minimum Gasteiger partial charge on any atom is -0.480 e. The number of rotatable bonds is 7. The molecule has 1 aromatic heterocycles. The Bertz CT molecular complexity index is 1250. The molecule has 3 atom stereocenters. The van der Waals surface area contributed by atoms with Crippen molar-refractivity contribution in [3.05, 3.63) is 44.9 Å². The number of hydrogen-bond acceptors (Lipinski definition) is 7.